The van der Waals surface area contributed by atoms with Crippen LogP contribution in [0.3, 0.4) is 0 Å². The third-order valence-electron chi connectivity index (χ3n) is 3.40. The number of hydrogen-bond acceptors (Lipinski definition) is 6. The van der Waals surface area contributed by atoms with Crippen molar-refractivity contribution in [3.05, 3.63) is 54.0 Å². The second kappa shape index (κ2) is 7.18. The Labute approximate surface area is 153 Å². The maximum atomic E-state index is 13.4. The highest BCUT2D eigenvalue weighted by atomic mass is 19.2. The van der Waals surface area contributed by atoms with Gasteiger partial charge in [0.1, 0.15) is 17.6 Å². The third-order valence-corrected chi connectivity index (χ3v) is 3.40. The minimum absolute atomic E-state index is 0.0435. The zero-order valence-electron chi connectivity index (χ0n) is 14.9. The third kappa shape index (κ3) is 4.49. The molecule has 27 heavy (non-hydrogen) atoms. The largest absolute Gasteiger partial charge is 0.443 e. The Kier molecular flexibility index (Phi) is 4.93. The van der Waals surface area contributed by atoms with Crippen LogP contribution in [0, 0.1) is 11.6 Å². The van der Waals surface area contributed by atoms with E-state index in [1.54, 1.807) is 20.8 Å². The Hall–Kier alpha value is -3.23. The number of ether oxygens (including phenoxy) is 1. The fourth-order valence-corrected chi connectivity index (χ4v) is 2.24. The molecule has 0 spiro atoms. The topological polar surface area (TPSA) is 81.6 Å². The number of benzene rings is 1. The van der Waals surface area contributed by atoms with Gasteiger partial charge >= 0.3 is 6.09 Å². The Bertz CT molecular complexity index is 932. The first-order valence-electron chi connectivity index (χ1n) is 8.05. The van der Waals surface area contributed by atoms with Crippen LogP contribution < -0.4 is 4.90 Å². The van der Waals surface area contributed by atoms with Gasteiger partial charge in [0.05, 0.1) is 6.54 Å². The van der Waals surface area contributed by atoms with E-state index in [1.165, 1.54) is 29.4 Å². The van der Waals surface area contributed by atoms with Crippen molar-refractivity contribution < 1.29 is 27.4 Å². The predicted molar refractivity (Wildman–Crippen MR) is 90.8 cm³/mol. The van der Waals surface area contributed by atoms with E-state index >= 15 is 0 Å². The maximum absolute atomic E-state index is 13.4. The van der Waals surface area contributed by atoms with Crippen LogP contribution in [0.5, 0.6) is 0 Å². The molecule has 0 atom stereocenters. The molecule has 0 radical (unpaired) electrons. The normalized spacial score (nSPS) is 11.4. The summed E-state index contributed by atoms with van der Waals surface area (Å²) in [6, 6.07) is 6.41. The molecule has 1 aromatic carbocycles. The van der Waals surface area contributed by atoms with Gasteiger partial charge in [0.25, 0.3) is 0 Å². The number of hydrogen-bond donors (Lipinski definition) is 0. The molecule has 3 rings (SSSR count). The van der Waals surface area contributed by atoms with Crippen molar-refractivity contribution in [3.63, 3.8) is 0 Å². The van der Waals surface area contributed by atoms with E-state index in [0.29, 0.717) is 17.0 Å². The molecule has 0 N–H and O–H groups in total. The van der Waals surface area contributed by atoms with Gasteiger partial charge in [-0.1, -0.05) is 10.3 Å². The van der Waals surface area contributed by atoms with Gasteiger partial charge in [0.2, 0.25) is 0 Å². The van der Waals surface area contributed by atoms with E-state index in [9.17, 15) is 13.6 Å². The molecule has 0 fully saturated rings. The van der Waals surface area contributed by atoms with Crippen molar-refractivity contribution in [1.29, 1.82) is 0 Å². The lowest BCUT2D eigenvalue weighted by atomic mass is 10.1. The van der Waals surface area contributed by atoms with Crippen LogP contribution in [0.1, 0.15) is 26.5 Å². The van der Waals surface area contributed by atoms with Crippen molar-refractivity contribution in [2.24, 2.45) is 0 Å². The predicted octanol–water partition coefficient (Wildman–Crippen LogP) is 4.55. The van der Waals surface area contributed by atoms with Gasteiger partial charge in [-0.3, -0.25) is 4.90 Å². The highest BCUT2D eigenvalue weighted by Gasteiger charge is 2.26. The molecule has 7 nitrogen and oxygen atoms in total. The van der Waals surface area contributed by atoms with E-state index < -0.39 is 23.3 Å². The summed E-state index contributed by atoms with van der Waals surface area (Å²) < 4.78 is 41.9. The highest BCUT2D eigenvalue weighted by molar-refractivity contribution is 5.86. The lowest BCUT2D eigenvalue weighted by Crippen LogP contribution is -2.36. The summed E-state index contributed by atoms with van der Waals surface area (Å²) in [4.78, 5) is 13.7. The molecule has 9 heteroatoms. The number of nitrogens with zero attached hydrogens (tertiary/aromatic N) is 3. The number of anilines is 1. The molecule has 0 saturated heterocycles. The average molecular weight is 377 g/mol. The van der Waals surface area contributed by atoms with Crippen LogP contribution >= 0.6 is 0 Å². The summed E-state index contributed by atoms with van der Waals surface area (Å²) in [5.41, 5.74) is -0.0700. The van der Waals surface area contributed by atoms with Gasteiger partial charge in [0.15, 0.2) is 23.2 Å². The fraction of sp³-hybridized carbons (Fsp3) is 0.278. The van der Waals surface area contributed by atoms with Gasteiger partial charge in [-0.25, -0.2) is 13.6 Å². The van der Waals surface area contributed by atoms with Crippen molar-refractivity contribution >= 4 is 11.9 Å². The molecule has 0 aliphatic carbocycles. The zero-order chi connectivity index (χ0) is 19.6. The van der Waals surface area contributed by atoms with Gasteiger partial charge < -0.3 is 13.8 Å². The first-order chi connectivity index (χ1) is 12.7. The van der Waals surface area contributed by atoms with E-state index in [4.69, 9.17) is 13.8 Å². The summed E-state index contributed by atoms with van der Waals surface area (Å²) in [6.45, 7) is 5.17. The Balaban J connectivity index is 1.83. The molecule has 142 valence electrons. The zero-order valence-corrected chi connectivity index (χ0v) is 14.9. The molecule has 0 aliphatic rings. The van der Waals surface area contributed by atoms with E-state index in [2.05, 4.69) is 10.3 Å². The maximum Gasteiger partial charge on any atom is 0.416 e. The monoisotopic (exact) mass is 377 g/mol. The summed E-state index contributed by atoms with van der Waals surface area (Å²) >= 11 is 0. The van der Waals surface area contributed by atoms with E-state index in [1.807, 2.05) is 0 Å². The number of aromatic nitrogens is 2. The molecule has 2 aromatic heterocycles. The Morgan fingerprint density at radius 3 is 2.56 bits per heavy atom. The standard InChI is InChI=1S/C18H17F2N3O4/c1-18(2,3)26-17(24)23(16-6-7-25-22-16)10-12-9-15(21-27-12)11-4-5-13(19)14(20)8-11/h4-9H,10H2,1-3H3. The Morgan fingerprint density at radius 1 is 1.15 bits per heavy atom. The SMILES string of the molecule is CC(C)(C)OC(=O)N(Cc1cc(-c2ccc(F)c(F)c2)no1)c1ccon1. The van der Waals surface area contributed by atoms with Crippen LogP contribution in [-0.4, -0.2) is 22.0 Å². The summed E-state index contributed by atoms with van der Waals surface area (Å²) in [6.07, 6.45) is 0.668. The second-order valence-electron chi connectivity index (χ2n) is 6.73. The van der Waals surface area contributed by atoms with Crippen molar-refractivity contribution in [2.45, 2.75) is 32.9 Å². The summed E-state index contributed by atoms with van der Waals surface area (Å²) in [7, 11) is 0. The Morgan fingerprint density at radius 2 is 1.93 bits per heavy atom. The van der Waals surface area contributed by atoms with Crippen LogP contribution in [0.4, 0.5) is 19.4 Å². The first-order valence-corrected chi connectivity index (χ1v) is 8.05. The summed E-state index contributed by atoms with van der Waals surface area (Å²) in [5, 5.41) is 7.59. The average Bonchev–Trinajstić information content (AvgIpc) is 3.25. The van der Waals surface area contributed by atoms with Crippen LogP contribution in [0.15, 0.2) is 45.6 Å². The molecule has 0 saturated carbocycles. The molecule has 2 heterocycles. The minimum atomic E-state index is -0.991. The molecule has 3 aromatic rings. The smallest absolute Gasteiger partial charge is 0.416 e. The second-order valence-corrected chi connectivity index (χ2v) is 6.73. The number of rotatable bonds is 4. The minimum Gasteiger partial charge on any atom is -0.443 e. The van der Waals surface area contributed by atoms with E-state index in [-0.39, 0.29) is 12.4 Å². The van der Waals surface area contributed by atoms with Gasteiger partial charge in [-0.05, 0) is 39.0 Å². The molecule has 0 bridgehead atoms. The van der Waals surface area contributed by atoms with E-state index in [0.717, 1.165) is 12.1 Å². The first kappa shape index (κ1) is 18.6. The summed E-state index contributed by atoms with van der Waals surface area (Å²) in [5.74, 6) is -1.42. The van der Waals surface area contributed by atoms with Gasteiger partial charge in [-0.2, -0.15) is 0 Å². The van der Waals surface area contributed by atoms with Gasteiger partial charge in [0, 0.05) is 17.7 Å². The lowest BCUT2D eigenvalue weighted by molar-refractivity contribution is 0.0572. The number of carbonyl (C=O) groups excluding carboxylic acids is 1. The lowest BCUT2D eigenvalue weighted by Gasteiger charge is -2.25. The molecule has 0 unspecified atom stereocenters. The molecular formula is C18H17F2N3O4. The number of amides is 1. The molecule has 1 amide bonds. The van der Waals surface area contributed by atoms with Crippen LogP contribution in [0.25, 0.3) is 11.3 Å². The quantitative estimate of drug-likeness (QED) is 0.663. The van der Waals surface area contributed by atoms with Crippen LogP contribution in [0.2, 0.25) is 0 Å². The van der Waals surface area contributed by atoms with Crippen molar-refractivity contribution in [1.82, 2.24) is 10.3 Å². The highest BCUT2D eigenvalue weighted by Crippen LogP contribution is 2.24. The molecular weight excluding hydrogens is 360 g/mol. The molecule has 0 aliphatic heterocycles. The van der Waals surface area contributed by atoms with Crippen molar-refractivity contribution in [2.75, 3.05) is 4.90 Å². The van der Waals surface area contributed by atoms with Gasteiger partial charge in [-0.15, -0.1) is 0 Å². The fourth-order valence-electron chi connectivity index (χ4n) is 2.24. The van der Waals surface area contributed by atoms with Crippen LogP contribution in [-0.2, 0) is 11.3 Å². The number of carbonyl (C=O) groups is 1. The van der Waals surface area contributed by atoms with Crippen molar-refractivity contribution in [3.8, 4) is 11.3 Å². The number of halogens is 2.